The number of nitrogens with zero attached hydrogens (tertiary/aromatic N) is 2. The Bertz CT molecular complexity index is 500. The van der Waals surface area contributed by atoms with Gasteiger partial charge in [0.2, 0.25) is 0 Å². The molecule has 0 aliphatic rings. The summed E-state index contributed by atoms with van der Waals surface area (Å²) < 4.78 is 1.94. The highest BCUT2D eigenvalue weighted by atomic mass is 32.1. The molecule has 0 fully saturated rings. The zero-order chi connectivity index (χ0) is 11.5. The molecule has 1 amide bonds. The zero-order valence-corrected chi connectivity index (χ0v) is 10.3. The third-order valence-electron chi connectivity index (χ3n) is 2.44. The molecule has 1 N–H and O–H groups in total. The second kappa shape index (κ2) is 4.65. The van der Waals surface area contributed by atoms with Crippen molar-refractivity contribution in [2.45, 2.75) is 26.7 Å². The quantitative estimate of drug-likeness (QED) is 0.829. The summed E-state index contributed by atoms with van der Waals surface area (Å²) in [5.74, 6) is -0.0799. The standard InChI is InChI=1S/C11H15N3OS/c1-3-4-5-12-10(15)9-6-14-8(2)7-16-11(14)13-9/h6-7H,3-5H2,1-2H3,(H,12,15). The number of aryl methyl sites for hydroxylation is 1. The number of unbranched alkanes of at least 4 members (excludes halogenated alkanes) is 1. The van der Waals surface area contributed by atoms with Gasteiger partial charge in [-0.15, -0.1) is 11.3 Å². The van der Waals surface area contributed by atoms with E-state index in [1.807, 2.05) is 16.7 Å². The summed E-state index contributed by atoms with van der Waals surface area (Å²) in [6.45, 7) is 4.82. The van der Waals surface area contributed by atoms with Gasteiger partial charge >= 0.3 is 0 Å². The predicted molar refractivity (Wildman–Crippen MR) is 65.0 cm³/mol. The van der Waals surface area contributed by atoms with Crippen molar-refractivity contribution in [3.05, 3.63) is 23.0 Å². The molecule has 86 valence electrons. The van der Waals surface area contributed by atoms with Crippen molar-refractivity contribution in [3.8, 4) is 0 Å². The topological polar surface area (TPSA) is 46.4 Å². The second-order valence-corrected chi connectivity index (χ2v) is 4.60. The van der Waals surface area contributed by atoms with Crippen molar-refractivity contribution in [3.63, 3.8) is 0 Å². The number of amides is 1. The minimum Gasteiger partial charge on any atom is -0.351 e. The summed E-state index contributed by atoms with van der Waals surface area (Å²) in [6, 6.07) is 0. The van der Waals surface area contributed by atoms with Gasteiger partial charge in [0.05, 0.1) is 0 Å². The monoisotopic (exact) mass is 237 g/mol. The first-order chi connectivity index (χ1) is 7.72. The first-order valence-corrected chi connectivity index (χ1v) is 6.31. The molecule has 0 aliphatic heterocycles. The molecule has 0 saturated carbocycles. The molecule has 0 atom stereocenters. The number of rotatable bonds is 4. The minimum atomic E-state index is -0.0799. The Morgan fingerprint density at radius 3 is 3.12 bits per heavy atom. The summed E-state index contributed by atoms with van der Waals surface area (Å²) in [7, 11) is 0. The maximum Gasteiger partial charge on any atom is 0.271 e. The summed E-state index contributed by atoms with van der Waals surface area (Å²) in [5, 5.41) is 4.89. The van der Waals surface area contributed by atoms with E-state index in [0.29, 0.717) is 5.69 Å². The van der Waals surface area contributed by atoms with Crippen LogP contribution in [0.5, 0.6) is 0 Å². The summed E-state index contributed by atoms with van der Waals surface area (Å²) in [4.78, 5) is 16.9. The molecule has 2 rings (SSSR count). The van der Waals surface area contributed by atoms with Crippen LogP contribution in [0.15, 0.2) is 11.6 Å². The van der Waals surface area contributed by atoms with Gasteiger partial charge in [-0.3, -0.25) is 9.20 Å². The van der Waals surface area contributed by atoms with Gasteiger partial charge in [0.25, 0.3) is 5.91 Å². The Morgan fingerprint density at radius 2 is 2.44 bits per heavy atom. The number of nitrogens with one attached hydrogen (secondary N) is 1. The van der Waals surface area contributed by atoms with Gasteiger partial charge in [0.15, 0.2) is 4.96 Å². The Labute approximate surface area is 98.3 Å². The second-order valence-electron chi connectivity index (χ2n) is 3.77. The van der Waals surface area contributed by atoms with E-state index in [2.05, 4.69) is 17.2 Å². The van der Waals surface area contributed by atoms with Crippen LogP contribution in [0.2, 0.25) is 0 Å². The highest BCUT2D eigenvalue weighted by Crippen LogP contribution is 2.15. The van der Waals surface area contributed by atoms with E-state index in [-0.39, 0.29) is 5.91 Å². The van der Waals surface area contributed by atoms with E-state index in [1.54, 1.807) is 17.5 Å². The van der Waals surface area contributed by atoms with Gasteiger partial charge in [-0.2, -0.15) is 0 Å². The third kappa shape index (κ3) is 2.09. The number of carbonyl (C=O) groups is 1. The van der Waals surface area contributed by atoms with Gasteiger partial charge < -0.3 is 5.32 Å². The van der Waals surface area contributed by atoms with Crippen molar-refractivity contribution >= 4 is 22.2 Å². The van der Waals surface area contributed by atoms with Crippen LogP contribution in [0, 0.1) is 6.92 Å². The van der Waals surface area contributed by atoms with Crippen LogP contribution in [0.4, 0.5) is 0 Å². The molecular weight excluding hydrogens is 222 g/mol. The molecule has 0 aromatic carbocycles. The molecule has 16 heavy (non-hydrogen) atoms. The molecule has 2 aromatic rings. The maximum atomic E-state index is 11.7. The van der Waals surface area contributed by atoms with E-state index in [0.717, 1.165) is 30.0 Å². The summed E-state index contributed by atoms with van der Waals surface area (Å²) >= 11 is 1.55. The van der Waals surface area contributed by atoms with Crippen LogP contribution in [0.1, 0.15) is 35.9 Å². The van der Waals surface area contributed by atoms with Crippen molar-refractivity contribution < 1.29 is 4.79 Å². The summed E-state index contributed by atoms with van der Waals surface area (Å²) in [6.07, 6.45) is 3.88. The van der Waals surface area contributed by atoms with Crippen LogP contribution >= 0.6 is 11.3 Å². The SMILES string of the molecule is CCCCNC(=O)c1cn2c(C)csc2n1. The van der Waals surface area contributed by atoms with Crippen LogP contribution in [-0.4, -0.2) is 21.8 Å². The highest BCUT2D eigenvalue weighted by molar-refractivity contribution is 7.15. The predicted octanol–water partition coefficient (Wildman–Crippen LogP) is 2.23. The molecule has 0 aliphatic carbocycles. The van der Waals surface area contributed by atoms with Crippen molar-refractivity contribution in [1.29, 1.82) is 0 Å². The normalized spacial score (nSPS) is 10.9. The molecule has 5 heteroatoms. The van der Waals surface area contributed by atoms with Crippen LogP contribution in [0.25, 0.3) is 4.96 Å². The molecule has 0 spiro atoms. The van der Waals surface area contributed by atoms with Gasteiger partial charge in [0, 0.05) is 23.8 Å². The Hall–Kier alpha value is -1.36. The number of fused-ring (bicyclic) bond motifs is 1. The molecule has 0 unspecified atom stereocenters. The highest BCUT2D eigenvalue weighted by Gasteiger charge is 2.11. The lowest BCUT2D eigenvalue weighted by Gasteiger charge is -2.00. The Kier molecular flexibility index (Phi) is 3.24. The van der Waals surface area contributed by atoms with Gasteiger partial charge in [-0.25, -0.2) is 4.98 Å². The van der Waals surface area contributed by atoms with Crippen LogP contribution < -0.4 is 5.32 Å². The fourth-order valence-corrected chi connectivity index (χ4v) is 2.32. The lowest BCUT2D eigenvalue weighted by atomic mass is 10.3. The lowest BCUT2D eigenvalue weighted by molar-refractivity contribution is 0.0949. The third-order valence-corrected chi connectivity index (χ3v) is 3.39. The smallest absolute Gasteiger partial charge is 0.271 e. The molecule has 0 bridgehead atoms. The first kappa shape index (κ1) is 11.1. The van der Waals surface area contributed by atoms with E-state index in [9.17, 15) is 4.79 Å². The first-order valence-electron chi connectivity index (χ1n) is 5.43. The average Bonchev–Trinajstić information content (AvgIpc) is 2.82. The van der Waals surface area contributed by atoms with E-state index >= 15 is 0 Å². The number of thiazole rings is 1. The van der Waals surface area contributed by atoms with Gasteiger partial charge in [0.1, 0.15) is 5.69 Å². The fraction of sp³-hybridized carbons (Fsp3) is 0.455. The minimum absolute atomic E-state index is 0.0799. The number of aromatic nitrogens is 2. The molecular formula is C11H15N3OS. The van der Waals surface area contributed by atoms with Gasteiger partial charge in [-0.05, 0) is 13.3 Å². The average molecular weight is 237 g/mol. The van der Waals surface area contributed by atoms with Crippen LogP contribution in [0.3, 0.4) is 0 Å². The van der Waals surface area contributed by atoms with Gasteiger partial charge in [-0.1, -0.05) is 13.3 Å². The molecule has 2 heterocycles. The Morgan fingerprint density at radius 1 is 1.62 bits per heavy atom. The largest absolute Gasteiger partial charge is 0.351 e. The van der Waals surface area contributed by atoms with E-state index in [1.165, 1.54) is 0 Å². The van der Waals surface area contributed by atoms with Crippen molar-refractivity contribution in [2.75, 3.05) is 6.54 Å². The van der Waals surface area contributed by atoms with Crippen molar-refractivity contribution in [1.82, 2.24) is 14.7 Å². The van der Waals surface area contributed by atoms with Crippen molar-refractivity contribution in [2.24, 2.45) is 0 Å². The number of hydrogen-bond donors (Lipinski definition) is 1. The lowest BCUT2D eigenvalue weighted by Crippen LogP contribution is -2.24. The van der Waals surface area contributed by atoms with E-state index < -0.39 is 0 Å². The maximum absolute atomic E-state index is 11.7. The number of hydrogen-bond acceptors (Lipinski definition) is 3. The molecule has 0 saturated heterocycles. The number of imidazole rings is 1. The molecule has 2 aromatic heterocycles. The number of carbonyl (C=O) groups excluding carboxylic acids is 1. The Balaban J connectivity index is 2.11. The summed E-state index contributed by atoms with van der Waals surface area (Å²) in [5.41, 5.74) is 1.62. The van der Waals surface area contributed by atoms with Crippen LogP contribution in [-0.2, 0) is 0 Å². The zero-order valence-electron chi connectivity index (χ0n) is 9.49. The molecule has 0 radical (unpaired) electrons. The molecule has 4 nitrogen and oxygen atoms in total. The fourth-order valence-electron chi connectivity index (χ4n) is 1.47. The van der Waals surface area contributed by atoms with E-state index in [4.69, 9.17) is 0 Å².